The lowest BCUT2D eigenvalue weighted by atomic mass is 10.2. The Bertz CT molecular complexity index is 964. The van der Waals surface area contributed by atoms with Gasteiger partial charge < -0.3 is 9.08 Å². The molecule has 1 amide bonds. The van der Waals surface area contributed by atoms with Gasteiger partial charge in [0.05, 0.1) is 4.92 Å². The first-order chi connectivity index (χ1) is 13.4. The summed E-state index contributed by atoms with van der Waals surface area (Å²) in [5.74, 6) is -0.0612. The summed E-state index contributed by atoms with van der Waals surface area (Å²) in [5, 5.41) is 10.8. The first-order valence-corrected chi connectivity index (χ1v) is 10.4. The third-order valence-electron chi connectivity index (χ3n) is 4.52. The number of non-ortho nitro benzene ring substituents is 1. The fourth-order valence-electron chi connectivity index (χ4n) is 3.04. The van der Waals surface area contributed by atoms with Crippen LogP contribution in [0.25, 0.3) is 0 Å². The van der Waals surface area contributed by atoms with Crippen LogP contribution >= 0.6 is 0 Å². The van der Waals surface area contributed by atoms with Gasteiger partial charge in [0.1, 0.15) is 10.6 Å². The van der Waals surface area contributed by atoms with Gasteiger partial charge in [-0.05, 0) is 43.2 Å². The molecule has 1 heterocycles. The van der Waals surface area contributed by atoms with Crippen molar-refractivity contribution < 1.29 is 22.3 Å². The molecule has 8 nitrogen and oxygen atoms in total. The van der Waals surface area contributed by atoms with Gasteiger partial charge in [-0.2, -0.15) is 8.42 Å². The lowest BCUT2D eigenvalue weighted by Gasteiger charge is -2.20. The van der Waals surface area contributed by atoms with E-state index in [2.05, 4.69) is 0 Å². The Kier molecular flexibility index (Phi) is 5.93. The molecule has 0 radical (unpaired) electrons. The van der Waals surface area contributed by atoms with Crippen LogP contribution in [0.5, 0.6) is 5.75 Å². The quantitative estimate of drug-likeness (QED) is 0.430. The van der Waals surface area contributed by atoms with Crippen molar-refractivity contribution in [3.63, 3.8) is 0 Å². The summed E-state index contributed by atoms with van der Waals surface area (Å²) in [6, 6.07) is 10.5. The van der Waals surface area contributed by atoms with Crippen molar-refractivity contribution in [3.05, 3.63) is 64.2 Å². The molecule has 1 aliphatic heterocycles. The van der Waals surface area contributed by atoms with E-state index in [-0.39, 0.29) is 22.2 Å². The van der Waals surface area contributed by atoms with Gasteiger partial charge in [-0.3, -0.25) is 14.9 Å². The number of nitro benzene ring substituents is 1. The Balaban J connectivity index is 1.73. The van der Waals surface area contributed by atoms with Crippen molar-refractivity contribution in [1.29, 1.82) is 0 Å². The van der Waals surface area contributed by atoms with E-state index in [1.807, 2.05) is 4.90 Å². The Morgan fingerprint density at radius 1 is 1.00 bits per heavy atom. The predicted molar refractivity (Wildman–Crippen MR) is 102 cm³/mol. The van der Waals surface area contributed by atoms with Crippen molar-refractivity contribution in [2.24, 2.45) is 0 Å². The fraction of sp³-hybridized carbons (Fsp3) is 0.316. The molecule has 0 unspecified atom stereocenters. The minimum absolute atomic E-state index is 0.0268. The van der Waals surface area contributed by atoms with E-state index in [4.69, 9.17) is 4.18 Å². The molecule has 3 rings (SSSR count). The summed E-state index contributed by atoms with van der Waals surface area (Å²) in [6.45, 7) is 1.44. The van der Waals surface area contributed by atoms with Crippen LogP contribution in [0.15, 0.2) is 53.4 Å². The molecule has 0 aliphatic carbocycles. The van der Waals surface area contributed by atoms with Gasteiger partial charge in [-0.1, -0.05) is 18.9 Å². The molecule has 1 saturated heterocycles. The van der Waals surface area contributed by atoms with E-state index >= 15 is 0 Å². The monoisotopic (exact) mass is 404 g/mol. The van der Waals surface area contributed by atoms with Gasteiger partial charge in [-0.15, -0.1) is 0 Å². The summed E-state index contributed by atoms with van der Waals surface area (Å²) in [5.41, 5.74) is 0.116. The third kappa shape index (κ3) is 4.66. The van der Waals surface area contributed by atoms with E-state index in [1.165, 1.54) is 42.5 Å². The molecular weight excluding hydrogens is 384 g/mol. The van der Waals surface area contributed by atoms with Crippen molar-refractivity contribution in [1.82, 2.24) is 4.90 Å². The summed E-state index contributed by atoms with van der Waals surface area (Å²) < 4.78 is 29.8. The van der Waals surface area contributed by atoms with Crippen molar-refractivity contribution in [2.45, 2.75) is 30.6 Å². The molecule has 2 aromatic carbocycles. The SMILES string of the molecule is O=C(c1ccc(OS(=O)(=O)c2cccc([N+](=O)[O-])c2)cc1)N1CCCCCC1. The van der Waals surface area contributed by atoms with Crippen LogP contribution in [0.3, 0.4) is 0 Å². The highest BCUT2D eigenvalue weighted by atomic mass is 32.2. The molecule has 9 heteroatoms. The number of hydrogen-bond donors (Lipinski definition) is 0. The molecule has 0 aromatic heterocycles. The average Bonchev–Trinajstić information content (AvgIpc) is 2.97. The van der Waals surface area contributed by atoms with Gasteiger partial charge in [0.2, 0.25) is 0 Å². The van der Waals surface area contributed by atoms with Crippen LogP contribution in [0.2, 0.25) is 0 Å². The zero-order chi connectivity index (χ0) is 20.1. The highest BCUT2D eigenvalue weighted by Gasteiger charge is 2.21. The maximum absolute atomic E-state index is 12.6. The van der Waals surface area contributed by atoms with Crippen LogP contribution in [0.1, 0.15) is 36.0 Å². The molecule has 0 N–H and O–H groups in total. The van der Waals surface area contributed by atoms with Gasteiger partial charge in [-0.25, -0.2) is 0 Å². The number of nitrogens with zero attached hydrogens (tertiary/aromatic N) is 2. The van der Waals surface area contributed by atoms with Crippen molar-refractivity contribution >= 4 is 21.7 Å². The van der Waals surface area contributed by atoms with Crippen LogP contribution in [-0.2, 0) is 10.1 Å². The molecule has 148 valence electrons. The smallest absolute Gasteiger partial charge is 0.339 e. The van der Waals surface area contributed by atoms with E-state index in [1.54, 1.807) is 0 Å². The van der Waals surface area contributed by atoms with Gasteiger partial charge in [0, 0.05) is 30.8 Å². The number of likely N-dealkylation sites (tertiary alicyclic amines) is 1. The Labute approximate surface area is 163 Å². The maximum Gasteiger partial charge on any atom is 0.339 e. The molecule has 0 bridgehead atoms. The lowest BCUT2D eigenvalue weighted by Crippen LogP contribution is -2.31. The molecule has 0 spiro atoms. The highest BCUT2D eigenvalue weighted by molar-refractivity contribution is 7.87. The van der Waals surface area contributed by atoms with Crippen molar-refractivity contribution in [3.8, 4) is 5.75 Å². The van der Waals surface area contributed by atoms with Gasteiger partial charge >= 0.3 is 10.1 Å². The number of nitro groups is 1. The van der Waals surface area contributed by atoms with E-state index in [0.717, 1.165) is 44.8 Å². The topological polar surface area (TPSA) is 107 Å². The molecule has 0 saturated carbocycles. The summed E-state index contributed by atoms with van der Waals surface area (Å²) in [7, 11) is -4.23. The Hall–Kier alpha value is -2.94. The first kappa shape index (κ1) is 19.8. The molecule has 2 aromatic rings. The maximum atomic E-state index is 12.6. The number of benzene rings is 2. The second kappa shape index (κ2) is 8.39. The van der Waals surface area contributed by atoms with E-state index in [0.29, 0.717) is 5.56 Å². The number of rotatable bonds is 5. The first-order valence-electron chi connectivity index (χ1n) is 8.95. The highest BCUT2D eigenvalue weighted by Crippen LogP contribution is 2.23. The average molecular weight is 404 g/mol. The Morgan fingerprint density at radius 2 is 1.64 bits per heavy atom. The zero-order valence-corrected chi connectivity index (χ0v) is 15.9. The summed E-state index contributed by atoms with van der Waals surface area (Å²) >= 11 is 0. The molecule has 28 heavy (non-hydrogen) atoms. The summed E-state index contributed by atoms with van der Waals surface area (Å²) in [6.07, 6.45) is 4.20. The number of hydrogen-bond acceptors (Lipinski definition) is 6. The van der Waals surface area contributed by atoms with Gasteiger partial charge in [0.15, 0.2) is 0 Å². The number of carbonyl (C=O) groups excluding carboxylic acids is 1. The van der Waals surface area contributed by atoms with Crippen LogP contribution in [0.4, 0.5) is 5.69 Å². The molecule has 1 aliphatic rings. The third-order valence-corrected chi connectivity index (χ3v) is 5.76. The van der Waals surface area contributed by atoms with Gasteiger partial charge in [0.25, 0.3) is 11.6 Å². The zero-order valence-electron chi connectivity index (χ0n) is 15.1. The minimum atomic E-state index is -4.23. The second-order valence-corrected chi connectivity index (χ2v) is 8.07. The lowest BCUT2D eigenvalue weighted by molar-refractivity contribution is -0.385. The molecule has 1 fully saturated rings. The standard InChI is InChI=1S/C19H20N2O6S/c22-19(20-12-3-1-2-4-13-20)15-8-10-17(11-9-15)27-28(25,26)18-7-5-6-16(14-18)21(23)24/h5-11,14H,1-4,12-13H2. The summed E-state index contributed by atoms with van der Waals surface area (Å²) in [4.78, 5) is 24.2. The van der Waals surface area contributed by atoms with Crippen LogP contribution in [0, 0.1) is 10.1 Å². The van der Waals surface area contributed by atoms with Crippen LogP contribution < -0.4 is 4.18 Å². The molecular formula is C19H20N2O6S. The number of carbonyl (C=O) groups is 1. The number of amides is 1. The van der Waals surface area contributed by atoms with Crippen molar-refractivity contribution in [2.75, 3.05) is 13.1 Å². The Morgan fingerprint density at radius 3 is 2.25 bits per heavy atom. The normalized spacial score (nSPS) is 14.9. The second-order valence-electron chi connectivity index (χ2n) is 6.52. The van der Waals surface area contributed by atoms with Crippen LogP contribution in [-0.4, -0.2) is 37.2 Å². The fourth-order valence-corrected chi connectivity index (χ4v) is 4.01. The molecule has 0 atom stereocenters. The van der Waals surface area contributed by atoms with E-state index < -0.39 is 15.0 Å². The van der Waals surface area contributed by atoms with E-state index in [9.17, 15) is 23.3 Å². The minimum Gasteiger partial charge on any atom is -0.379 e. The predicted octanol–water partition coefficient (Wildman–Crippen LogP) is 3.38. The largest absolute Gasteiger partial charge is 0.379 e.